The number of carbonyl (C=O) groups excluding carboxylic acids is 1. The fourth-order valence-electron chi connectivity index (χ4n) is 2.99. The molecular weight excluding hydrogens is 392 g/mol. The van der Waals surface area contributed by atoms with Gasteiger partial charge in [0.15, 0.2) is 0 Å². The Balaban J connectivity index is 2.24. The van der Waals surface area contributed by atoms with E-state index in [9.17, 15) is 21.6 Å². The van der Waals surface area contributed by atoms with Crippen LogP contribution in [0.15, 0.2) is 34.1 Å². The average Bonchev–Trinajstić information content (AvgIpc) is 3.20. The molecule has 0 amide bonds. The summed E-state index contributed by atoms with van der Waals surface area (Å²) in [5.41, 5.74) is 0. The highest BCUT2D eigenvalue weighted by molar-refractivity contribution is 7.89. The minimum atomic E-state index is -3.85. The maximum Gasteiger partial charge on any atom is 0.309 e. The summed E-state index contributed by atoms with van der Waals surface area (Å²) >= 11 is 0. The van der Waals surface area contributed by atoms with Gasteiger partial charge in [-0.1, -0.05) is 13.8 Å². The van der Waals surface area contributed by atoms with Crippen molar-refractivity contribution in [3.05, 3.63) is 24.3 Å². The number of sulfonamides is 2. The molecular formula is C17H26N2O6S2. The molecule has 0 spiro atoms. The first-order valence-electron chi connectivity index (χ1n) is 8.82. The Hall–Kier alpha value is -1.49. The summed E-state index contributed by atoms with van der Waals surface area (Å²) in [5, 5.41) is 0. The molecule has 2 rings (SSSR count). The van der Waals surface area contributed by atoms with E-state index in [-0.39, 0.29) is 22.9 Å². The van der Waals surface area contributed by atoms with Gasteiger partial charge in [-0.15, -0.1) is 0 Å². The highest BCUT2D eigenvalue weighted by Crippen LogP contribution is 2.24. The van der Waals surface area contributed by atoms with Crippen LogP contribution in [0.1, 0.15) is 26.7 Å². The molecule has 1 aromatic rings. The van der Waals surface area contributed by atoms with Crippen LogP contribution in [-0.2, 0) is 29.6 Å². The summed E-state index contributed by atoms with van der Waals surface area (Å²) in [6, 6.07) is 5.23. The summed E-state index contributed by atoms with van der Waals surface area (Å²) in [5.74, 6) is -1.10. The van der Waals surface area contributed by atoms with Crippen LogP contribution in [0.3, 0.4) is 0 Å². The molecule has 0 N–H and O–H groups in total. The van der Waals surface area contributed by atoms with Crippen molar-refractivity contribution in [1.29, 1.82) is 0 Å². The summed E-state index contributed by atoms with van der Waals surface area (Å²) in [6.07, 6.45) is 1.66. The molecule has 0 aliphatic carbocycles. The first-order valence-corrected chi connectivity index (χ1v) is 11.7. The Morgan fingerprint density at radius 2 is 1.63 bits per heavy atom. The van der Waals surface area contributed by atoms with Crippen LogP contribution in [0.2, 0.25) is 0 Å². The van der Waals surface area contributed by atoms with E-state index in [0.717, 1.165) is 12.8 Å². The minimum Gasteiger partial charge on any atom is -0.469 e. The number of rotatable bonds is 8. The maximum atomic E-state index is 12.8. The third-order valence-corrected chi connectivity index (χ3v) is 8.47. The lowest BCUT2D eigenvalue weighted by Gasteiger charge is -2.23. The first-order chi connectivity index (χ1) is 12.6. The van der Waals surface area contributed by atoms with Gasteiger partial charge in [0.25, 0.3) is 0 Å². The van der Waals surface area contributed by atoms with Crippen LogP contribution < -0.4 is 0 Å². The zero-order valence-corrected chi connectivity index (χ0v) is 17.4. The second-order valence-corrected chi connectivity index (χ2v) is 10.3. The van der Waals surface area contributed by atoms with Crippen molar-refractivity contribution in [2.75, 3.05) is 33.3 Å². The van der Waals surface area contributed by atoms with Crippen LogP contribution in [0.4, 0.5) is 0 Å². The molecule has 0 aromatic heterocycles. The molecule has 1 heterocycles. The zero-order valence-electron chi connectivity index (χ0n) is 15.8. The van der Waals surface area contributed by atoms with E-state index in [1.165, 1.54) is 40.0 Å². The van der Waals surface area contributed by atoms with Gasteiger partial charge in [-0.25, -0.2) is 16.8 Å². The summed E-state index contributed by atoms with van der Waals surface area (Å²) in [6.45, 7) is 4.40. The molecule has 1 aliphatic heterocycles. The van der Waals surface area contributed by atoms with Crippen molar-refractivity contribution in [2.45, 2.75) is 36.5 Å². The molecule has 8 nitrogen and oxygen atoms in total. The normalized spacial score (nSPS) is 17.2. The third-order valence-electron chi connectivity index (χ3n) is 4.60. The van der Waals surface area contributed by atoms with Gasteiger partial charge in [0.1, 0.15) is 0 Å². The predicted molar refractivity (Wildman–Crippen MR) is 100 cm³/mol. The van der Waals surface area contributed by atoms with E-state index in [0.29, 0.717) is 13.1 Å². The molecule has 1 aromatic carbocycles. The largest absolute Gasteiger partial charge is 0.469 e. The number of esters is 1. The summed E-state index contributed by atoms with van der Waals surface area (Å²) < 4.78 is 58.0. The first kappa shape index (κ1) is 21.8. The van der Waals surface area contributed by atoms with Crippen molar-refractivity contribution in [3.8, 4) is 0 Å². The maximum absolute atomic E-state index is 12.8. The lowest BCUT2D eigenvalue weighted by atomic mass is 10.2. The van der Waals surface area contributed by atoms with Crippen LogP contribution in [0, 0.1) is 5.92 Å². The SMILES string of the molecule is CCN(CC(C)C(=O)OC)S(=O)(=O)c1ccc(S(=O)(=O)N2CCCC2)cc1. The van der Waals surface area contributed by atoms with Crippen molar-refractivity contribution < 1.29 is 26.4 Å². The lowest BCUT2D eigenvalue weighted by Crippen LogP contribution is -2.37. The van der Waals surface area contributed by atoms with Gasteiger partial charge in [0.2, 0.25) is 20.0 Å². The standard InChI is InChI=1S/C17H26N2O6S2/c1-4-18(13-14(2)17(20)25-3)26(21,22)15-7-9-16(10-8-15)27(23,24)19-11-5-6-12-19/h7-10,14H,4-6,11-13H2,1-3H3. The molecule has 1 atom stereocenters. The van der Waals surface area contributed by atoms with Crippen LogP contribution in [0.5, 0.6) is 0 Å². The monoisotopic (exact) mass is 418 g/mol. The Kier molecular flexibility index (Phi) is 7.01. The van der Waals surface area contributed by atoms with E-state index >= 15 is 0 Å². The predicted octanol–water partition coefficient (Wildman–Crippen LogP) is 1.29. The molecule has 1 aliphatic rings. The van der Waals surface area contributed by atoms with Gasteiger partial charge in [-0.05, 0) is 37.1 Å². The van der Waals surface area contributed by atoms with Crippen molar-refractivity contribution >= 4 is 26.0 Å². The Labute approximate surface area is 161 Å². The second-order valence-electron chi connectivity index (χ2n) is 6.46. The molecule has 1 fully saturated rings. The van der Waals surface area contributed by atoms with E-state index in [4.69, 9.17) is 0 Å². The molecule has 0 bridgehead atoms. The van der Waals surface area contributed by atoms with Crippen LogP contribution in [0.25, 0.3) is 0 Å². The highest BCUT2D eigenvalue weighted by atomic mass is 32.2. The molecule has 152 valence electrons. The smallest absolute Gasteiger partial charge is 0.309 e. The molecule has 1 saturated heterocycles. The number of hydrogen-bond donors (Lipinski definition) is 0. The molecule has 0 radical (unpaired) electrons. The van der Waals surface area contributed by atoms with Crippen molar-refractivity contribution in [2.24, 2.45) is 5.92 Å². The number of benzene rings is 1. The average molecular weight is 419 g/mol. The highest BCUT2D eigenvalue weighted by Gasteiger charge is 2.30. The number of carbonyl (C=O) groups is 1. The number of hydrogen-bond acceptors (Lipinski definition) is 6. The van der Waals surface area contributed by atoms with E-state index in [2.05, 4.69) is 4.74 Å². The van der Waals surface area contributed by atoms with Gasteiger partial charge in [-0.2, -0.15) is 8.61 Å². The Bertz CT molecular complexity index is 859. The van der Waals surface area contributed by atoms with E-state index in [1.54, 1.807) is 13.8 Å². The summed E-state index contributed by atoms with van der Waals surface area (Å²) in [4.78, 5) is 11.7. The lowest BCUT2D eigenvalue weighted by molar-refractivity contribution is -0.145. The van der Waals surface area contributed by atoms with Gasteiger partial charge in [0, 0.05) is 26.2 Å². The third kappa shape index (κ3) is 4.68. The Morgan fingerprint density at radius 3 is 2.11 bits per heavy atom. The second kappa shape index (κ2) is 8.68. The number of methoxy groups -OCH3 is 1. The van der Waals surface area contributed by atoms with E-state index < -0.39 is 31.9 Å². The van der Waals surface area contributed by atoms with Crippen LogP contribution >= 0.6 is 0 Å². The minimum absolute atomic E-state index is 0.0122. The molecule has 1 unspecified atom stereocenters. The summed E-state index contributed by atoms with van der Waals surface area (Å²) in [7, 11) is -6.20. The number of nitrogens with zero attached hydrogens (tertiary/aromatic N) is 2. The molecule has 27 heavy (non-hydrogen) atoms. The van der Waals surface area contributed by atoms with Gasteiger partial charge in [-0.3, -0.25) is 4.79 Å². The molecule has 10 heteroatoms. The molecule has 0 saturated carbocycles. The Morgan fingerprint density at radius 1 is 1.11 bits per heavy atom. The quantitative estimate of drug-likeness (QED) is 0.590. The topological polar surface area (TPSA) is 101 Å². The van der Waals surface area contributed by atoms with Crippen LogP contribution in [-0.4, -0.2) is 64.7 Å². The van der Waals surface area contributed by atoms with Crippen molar-refractivity contribution in [3.63, 3.8) is 0 Å². The number of ether oxygens (including phenoxy) is 1. The zero-order chi connectivity index (χ0) is 20.2. The fraction of sp³-hybridized carbons (Fsp3) is 0.588. The van der Waals surface area contributed by atoms with Gasteiger partial charge < -0.3 is 4.74 Å². The van der Waals surface area contributed by atoms with E-state index in [1.807, 2.05) is 0 Å². The fourth-order valence-corrected chi connectivity index (χ4v) is 6.04. The van der Waals surface area contributed by atoms with Gasteiger partial charge >= 0.3 is 5.97 Å². The van der Waals surface area contributed by atoms with Gasteiger partial charge in [0.05, 0.1) is 22.8 Å². The van der Waals surface area contributed by atoms with Crippen molar-refractivity contribution in [1.82, 2.24) is 8.61 Å².